The van der Waals surface area contributed by atoms with Crippen LogP contribution in [0.1, 0.15) is 11.1 Å². The van der Waals surface area contributed by atoms with Crippen molar-refractivity contribution in [3.63, 3.8) is 0 Å². The summed E-state index contributed by atoms with van der Waals surface area (Å²) in [6.45, 7) is 5.40. The summed E-state index contributed by atoms with van der Waals surface area (Å²) in [6.07, 6.45) is 4.42. The summed E-state index contributed by atoms with van der Waals surface area (Å²) >= 11 is 0. The molecule has 172 valence electrons. The Morgan fingerprint density at radius 2 is 1.66 bits per heavy atom. The second-order valence-corrected chi connectivity index (χ2v) is 7.49. The van der Waals surface area contributed by atoms with Crippen molar-refractivity contribution < 1.29 is 14.2 Å². The zero-order valence-corrected chi connectivity index (χ0v) is 19.5. The molecule has 2 aromatic carbocycles. The van der Waals surface area contributed by atoms with E-state index < -0.39 is 0 Å². The SMILES string of the molecule is CN=C(NCc1ccc(OC)c(OC)c1OC)N1CCN(C/C=C/c2ccccc2)CC1. The number of guanidine groups is 1. The van der Waals surface area contributed by atoms with Crippen molar-refractivity contribution in [2.75, 3.05) is 61.1 Å². The van der Waals surface area contributed by atoms with Gasteiger partial charge in [-0.1, -0.05) is 42.5 Å². The molecule has 2 aromatic rings. The van der Waals surface area contributed by atoms with E-state index in [1.54, 1.807) is 21.3 Å². The second-order valence-electron chi connectivity index (χ2n) is 7.49. The Labute approximate surface area is 191 Å². The highest BCUT2D eigenvalue weighted by Crippen LogP contribution is 2.39. The van der Waals surface area contributed by atoms with E-state index in [9.17, 15) is 0 Å². The first kappa shape index (κ1) is 23.5. The Hall–Kier alpha value is -3.19. The van der Waals surface area contributed by atoms with Crippen molar-refractivity contribution in [1.82, 2.24) is 15.1 Å². The summed E-state index contributed by atoms with van der Waals surface area (Å²) in [7, 11) is 6.70. The molecular formula is C25H34N4O3. The third kappa shape index (κ3) is 5.95. The van der Waals surface area contributed by atoms with Gasteiger partial charge in [0, 0.05) is 51.9 Å². The van der Waals surface area contributed by atoms with Crippen LogP contribution in [0.15, 0.2) is 53.5 Å². The summed E-state index contributed by atoms with van der Waals surface area (Å²) in [4.78, 5) is 9.24. The maximum absolute atomic E-state index is 5.59. The van der Waals surface area contributed by atoms with Crippen LogP contribution in [0.5, 0.6) is 17.2 Å². The van der Waals surface area contributed by atoms with Crippen LogP contribution in [-0.4, -0.2) is 76.9 Å². The second kappa shape index (κ2) is 12.0. The number of nitrogens with one attached hydrogen (secondary N) is 1. The minimum Gasteiger partial charge on any atom is -0.493 e. The Kier molecular flexibility index (Phi) is 8.80. The van der Waals surface area contributed by atoms with E-state index in [-0.39, 0.29) is 0 Å². The topological polar surface area (TPSA) is 58.6 Å². The van der Waals surface area contributed by atoms with Gasteiger partial charge in [-0.2, -0.15) is 0 Å². The Morgan fingerprint density at radius 1 is 0.938 bits per heavy atom. The largest absolute Gasteiger partial charge is 0.493 e. The molecule has 0 saturated carbocycles. The molecule has 0 atom stereocenters. The monoisotopic (exact) mass is 438 g/mol. The maximum Gasteiger partial charge on any atom is 0.203 e. The average molecular weight is 439 g/mol. The van der Waals surface area contributed by atoms with Gasteiger partial charge in [0.1, 0.15) is 0 Å². The number of hydrogen-bond donors (Lipinski definition) is 1. The van der Waals surface area contributed by atoms with Crippen LogP contribution in [0.3, 0.4) is 0 Å². The number of aliphatic imine (C=N–C) groups is 1. The molecule has 7 heteroatoms. The molecule has 1 heterocycles. The highest BCUT2D eigenvalue weighted by molar-refractivity contribution is 5.80. The first-order chi connectivity index (χ1) is 15.7. The van der Waals surface area contributed by atoms with Gasteiger partial charge in [0.25, 0.3) is 0 Å². The maximum atomic E-state index is 5.59. The predicted octanol–water partition coefficient (Wildman–Crippen LogP) is 3.12. The van der Waals surface area contributed by atoms with Crippen LogP contribution in [0.4, 0.5) is 0 Å². The fraction of sp³-hybridized carbons (Fsp3) is 0.400. The Bertz CT molecular complexity index is 907. The first-order valence-corrected chi connectivity index (χ1v) is 10.9. The molecule has 1 aliphatic rings. The van der Waals surface area contributed by atoms with E-state index in [2.05, 4.69) is 56.5 Å². The lowest BCUT2D eigenvalue weighted by atomic mass is 10.1. The summed E-state index contributed by atoms with van der Waals surface area (Å²) < 4.78 is 16.5. The third-order valence-electron chi connectivity index (χ3n) is 5.58. The first-order valence-electron chi connectivity index (χ1n) is 10.9. The van der Waals surface area contributed by atoms with E-state index in [0.29, 0.717) is 23.8 Å². The minimum absolute atomic E-state index is 0.580. The smallest absolute Gasteiger partial charge is 0.203 e. The van der Waals surface area contributed by atoms with Gasteiger partial charge in [0.05, 0.1) is 21.3 Å². The predicted molar refractivity (Wildman–Crippen MR) is 130 cm³/mol. The van der Waals surface area contributed by atoms with Crippen LogP contribution in [-0.2, 0) is 6.54 Å². The summed E-state index contributed by atoms with van der Waals surface area (Å²) in [5.41, 5.74) is 2.22. The van der Waals surface area contributed by atoms with Gasteiger partial charge in [-0.15, -0.1) is 0 Å². The molecule has 0 bridgehead atoms. The van der Waals surface area contributed by atoms with Crippen LogP contribution in [0, 0.1) is 0 Å². The highest BCUT2D eigenvalue weighted by Gasteiger charge is 2.20. The number of hydrogen-bond acceptors (Lipinski definition) is 5. The zero-order chi connectivity index (χ0) is 22.8. The van der Waals surface area contributed by atoms with Crippen molar-refractivity contribution in [2.24, 2.45) is 4.99 Å². The molecule has 0 aromatic heterocycles. The average Bonchev–Trinajstić information content (AvgIpc) is 2.85. The van der Waals surface area contributed by atoms with Gasteiger partial charge >= 0.3 is 0 Å². The van der Waals surface area contributed by atoms with Crippen molar-refractivity contribution in [1.29, 1.82) is 0 Å². The molecule has 1 N–H and O–H groups in total. The zero-order valence-electron chi connectivity index (χ0n) is 19.5. The molecule has 1 saturated heterocycles. The van der Waals surface area contributed by atoms with Crippen molar-refractivity contribution in [3.8, 4) is 17.2 Å². The van der Waals surface area contributed by atoms with Gasteiger partial charge in [-0.3, -0.25) is 9.89 Å². The van der Waals surface area contributed by atoms with Crippen LogP contribution >= 0.6 is 0 Å². The van der Waals surface area contributed by atoms with Crippen molar-refractivity contribution >= 4 is 12.0 Å². The van der Waals surface area contributed by atoms with E-state index in [4.69, 9.17) is 14.2 Å². The molecule has 7 nitrogen and oxygen atoms in total. The Morgan fingerprint density at radius 3 is 2.28 bits per heavy atom. The molecule has 0 spiro atoms. The molecule has 32 heavy (non-hydrogen) atoms. The Balaban J connectivity index is 1.53. The molecule has 0 unspecified atom stereocenters. The van der Waals surface area contributed by atoms with E-state index in [1.165, 1.54) is 5.56 Å². The van der Waals surface area contributed by atoms with Gasteiger partial charge in [-0.25, -0.2) is 0 Å². The molecule has 3 rings (SSSR count). The molecule has 0 amide bonds. The molecule has 1 fully saturated rings. The highest BCUT2D eigenvalue weighted by atomic mass is 16.5. The van der Waals surface area contributed by atoms with Gasteiger partial charge < -0.3 is 24.4 Å². The third-order valence-corrected chi connectivity index (χ3v) is 5.58. The van der Waals surface area contributed by atoms with Crippen molar-refractivity contribution in [3.05, 3.63) is 59.7 Å². The van der Waals surface area contributed by atoms with Gasteiger partial charge in [-0.05, 0) is 17.7 Å². The van der Waals surface area contributed by atoms with Crippen LogP contribution in [0.2, 0.25) is 0 Å². The number of nitrogens with zero attached hydrogens (tertiary/aromatic N) is 3. The summed E-state index contributed by atoms with van der Waals surface area (Å²) in [6, 6.07) is 14.3. The molecule has 0 aliphatic carbocycles. The lowest BCUT2D eigenvalue weighted by molar-refractivity contribution is 0.194. The number of methoxy groups -OCH3 is 3. The summed E-state index contributed by atoms with van der Waals surface area (Å²) in [5, 5.41) is 3.47. The number of rotatable bonds is 8. The lowest BCUT2D eigenvalue weighted by Gasteiger charge is -2.36. The van der Waals surface area contributed by atoms with Crippen molar-refractivity contribution in [2.45, 2.75) is 6.54 Å². The van der Waals surface area contributed by atoms with Gasteiger partial charge in [0.15, 0.2) is 17.5 Å². The van der Waals surface area contributed by atoms with E-state index in [1.807, 2.05) is 25.2 Å². The lowest BCUT2D eigenvalue weighted by Crippen LogP contribution is -2.52. The summed E-state index contributed by atoms with van der Waals surface area (Å²) in [5.74, 6) is 2.81. The van der Waals surface area contributed by atoms with Gasteiger partial charge in [0.2, 0.25) is 5.75 Å². The molecule has 0 radical (unpaired) electrons. The molecule has 1 aliphatic heterocycles. The number of benzene rings is 2. The van der Waals surface area contributed by atoms with E-state index >= 15 is 0 Å². The number of piperazine rings is 1. The normalized spacial score (nSPS) is 15.1. The standard InChI is InChI=1S/C25H34N4O3/c1-26-25(27-19-21-12-13-22(30-2)24(32-4)23(21)31-3)29-17-15-28(16-18-29)14-8-11-20-9-6-5-7-10-20/h5-13H,14-19H2,1-4H3,(H,26,27)/b11-8+. The minimum atomic E-state index is 0.580. The van der Waals surface area contributed by atoms with Crippen LogP contribution < -0.4 is 19.5 Å². The number of ether oxygens (including phenoxy) is 3. The van der Waals surface area contributed by atoms with E-state index in [0.717, 1.165) is 44.2 Å². The fourth-order valence-corrected chi connectivity index (χ4v) is 3.85. The van der Waals surface area contributed by atoms with Crippen LogP contribution in [0.25, 0.3) is 6.08 Å². The quantitative estimate of drug-likeness (QED) is 0.505. The molecular weight excluding hydrogens is 404 g/mol. The fourth-order valence-electron chi connectivity index (χ4n) is 3.85.